The first kappa shape index (κ1) is 14.1. The average Bonchev–Trinajstić information content (AvgIpc) is 2.34. The Morgan fingerprint density at radius 3 is 2.61 bits per heavy atom. The fraction of sp³-hybridized carbons (Fsp3) is 0.364. The molecule has 1 aromatic carbocycles. The summed E-state index contributed by atoms with van der Waals surface area (Å²) in [6.45, 7) is -1.61. The Morgan fingerprint density at radius 2 is 2.06 bits per heavy atom. The number of hydrogen-bond acceptors (Lipinski definition) is 3. The third-order valence-electron chi connectivity index (χ3n) is 2.07. The minimum atomic E-state index is -4.54. The summed E-state index contributed by atoms with van der Waals surface area (Å²) in [6.07, 6.45) is -5.62. The monoisotopic (exact) mass is 263 g/mol. The summed E-state index contributed by atoms with van der Waals surface area (Å²) in [5.74, 6) is 0.489. The van der Waals surface area contributed by atoms with Gasteiger partial charge in [-0.15, -0.1) is 0 Å². The molecule has 1 amide bonds. The van der Waals surface area contributed by atoms with Crippen molar-refractivity contribution in [2.24, 2.45) is 0 Å². The zero-order valence-corrected chi connectivity index (χ0v) is 9.82. The van der Waals surface area contributed by atoms with Gasteiger partial charge in [-0.3, -0.25) is 4.90 Å². The molecule has 7 heteroatoms. The molecule has 0 atom stereocenters. The van der Waals surface area contributed by atoms with Crippen LogP contribution >= 0.6 is 0 Å². The Morgan fingerprint density at radius 1 is 1.39 bits per heavy atom. The number of benzene rings is 1. The number of carbonyl (C=O) groups is 1. The first-order valence-corrected chi connectivity index (χ1v) is 4.95. The predicted octanol–water partition coefficient (Wildman–Crippen LogP) is 2.83. The lowest BCUT2D eigenvalue weighted by Gasteiger charge is -2.18. The highest BCUT2D eigenvalue weighted by Crippen LogP contribution is 2.21. The van der Waals surface area contributed by atoms with Crippen LogP contribution in [-0.4, -0.2) is 33.0 Å². The Bertz CT molecular complexity index is 420. The molecule has 0 bridgehead atoms. The minimum Gasteiger partial charge on any atom is -0.497 e. The highest BCUT2D eigenvalue weighted by atomic mass is 19.4. The van der Waals surface area contributed by atoms with Gasteiger partial charge in [-0.05, 0) is 12.1 Å². The van der Waals surface area contributed by atoms with Gasteiger partial charge in [0.15, 0.2) is 6.61 Å². The maximum absolute atomic E-state index is 11.9. The number of rotatable bonds is 3. The summed E-state index contributed by atoms with van der Waals surface area (Å²) in [7, 11) is 2.76. The van der Waals surface area contributed by atoms with Crippen LogP contribution in [0.2, 0.25) is 0 Å². The minimum absolute atomic E-state index is 0.376. The largest absolute Gasteiger partial charge is 0.497 e. The summed E-state index contributed by atoms with van der Waals surface area (Å²) in [4.78, 5) is 12.3. The van der Waals surface area contributed by atoms with Gasteiger partial charge in [0.25, 0.3) is 0 Å². The van der Waals surface area contributed by atoms with Gasteiger partial charge in [0.2, 0.25) is 0 Å². The maximum Gasteiger partial charge on any atom is 0.422 e. The van der Waals surface area contributed by atoms with E-state index in [4.69, 9.17) is 4.74 Å². The average molecular weight is 263 g/mol. The van der Waals surface area contributed by atoms with Crippen LogP contribution in [0.15, 0.2) is 24.3 Å². The third-order valence-corrected chi connectivity index (χ3v) is 2.07. The summed E-state index contributed by atoms with van der Waals surface area (Å²) in [5, 5.41) is 0. The molecule has 0 spiro atoms. The molecule has 0 heterocycles. The van der Waals surface area contributed by atoms with E-state index in [1.54, 1.807) is 18.2 Å². The van der Waals surface area contributed by atoms with E-state index in [0.717, 1.165) is 4.90 Å². The topological polar surface area (TPSA) is 38.8 Å². The van der Waals surface area contributed by atoms with Crippen molar-refractivity contribution in [3.05, 3.63) is 24.3 Å². The van der Waals surface area contributed by atoms with E-state index in [1.807, 2.05) is 0 Å². The van der Waals surface area contributed by atoms with E-state index < -0.39 is 18.9 Å². The molecule has 0 aliphatic rings. The van der Waals surface area contributed by atoms with E-state index in [9.17, 15) is 18.0 Å². The smallest absolute Gasteiger partial charge is 0.422 e. The molecule has 0 saturated carbocycles. The van der Waals surface area contributed by atoms with Crippen LogP contribution in [0.5, 0.6) is 5.75 Å². The van der Waals surface area contributed by atoms with Crippen molar-refractivity contribution in [1.29, 1.82) is 0 Å². The molecule has 0 saturated heterocycles. The first-order valence-electron chi connectivity index (χ1n) is 4.95. The molecule has 18 heavy (non-hydrogen) atoms. The van der Waals surface area contributed by atoms with Crippen LogP contribution < -0.4 is 9.64 Å². The maximum atomic E-state index is 11.9. The first-order chi connectivity index (χ1) is 8.33. The summed E-state index contributed by atoms with van der Waals surface area (Å²) < 4.78 is 44.7. The van der Waals surface area contributed by atoms with E-state index in [0.29, 0.717) is 11.4 Å². The number of anilines is 1. The molecule has 1 rings (SSSR count). The molecule has 0 fully saturated rings. The lowest BCUT2D eigenvalue weighted by Crippen LogP contribution is -2.30. The Hall–Kier alpha value is -1.92. The molecule has 1 aromatic rings. The van der Waals surface area contributed by atoms with Gasteiger partial charge in [-0.2, -0.15) is 13.2 Å². The second-order valence-electron chi connectivity index (χ2n) is 3.43. The Balaban J connectivity index is 2.68. The lowest BCUT2D eigenvalue weighted by atomic mass is 10.3. The van der Waals surface area contributed by atoms with Crippen molar-refractivity contribution in [1.82, 2.24) is 0 Å². The van der Waals surface area contributed by atoms with Crippen LogP contribution in [0.1, 0.15) is 0 Å². The zero-order valence-electron chi connectivity index (χ0n) is 9.82. The lowest BCUT2D eigenvalue weighted by molar-refractivity contribution is -0.159. The molecule has 0 aliphatic carbocycles. The Labute approximate surface area is 102 Å². The molecule has 0 aromatic heterocycles. The van der Waals surface area contributed by atoms with Gasteiger partial charge in [0, 0.05) is 13.1 Å². The number of halogens is 3. The zero-order chi connectivity index (χ0) is 13.8. The molecule has 0 unspecified atom stereocenters. The number of methoxy groups -OCH3 is 1. The van der Waals surface area contributed by atoms with Crippen molar-refractivity contribution < 1.29 is 27.4 Å². The van der Waals surface area contributed by atoms with E-state index in [1.165, 1.54) is 20.2 Å². The van der Waals surface area contributed by atoms with Crippen molar-refractivity contribution in [2.45, 2.75) is 6.18 Å². The quantitative estimate of drug-likeness (QED) is 0.841. The van der Waals surface area contributed by atoms with Gasteiger partial charge in [0.1, 0.15) is 5.75 Å². The highest BCUT2D eigenvalue weighted by Gasteiger charge is 2.30. The van der Waals surface area contributed by atoms with Gasteiger partial charge >= 0.3 is 12.3 Å². The molecule has 0 aliphatic heterocycles. The van der Waals surface area contributed by atoms with Crippen molar-refractivity contribution in [3.8, 4) is 5.75 Å². The van der Waals surface area contributed by atoms with E-state index in [2.05, 4.69) is 4.74 Å². The van der Waals surface area contributed by atoms with Crippen LogP contribution in [0, 0.1) is 0 Å². The van der Waals surface area contributed by atoms with Gasteiger partial charge in [-0.25, -0.2) is 4.79 Å². The second-order valence-corrected chi connectivity index (χ2v) is 3.43. The number of hydrogen-bond donors (Lipinski definition) is 0. The highest BCUT2D eigenvalue weighted by molar-refractivity contribution is 5.87. The SMILES string of the molecule is COc1cccc(N(C)C(=O)OCC(F)(F)F)c1. The molecular weight excluding hydrogens is 251 g/mol. The standard InChI is InChI=1S/C11H12F3NO3/c1-15(10(16)18-7-11(12,13)14)8-4-3-5-9(6-8)17-2/h3-6H,7H2,1-2H3. The van der Waals surface area contributed by atoms with Crippen molar-refractivity contribution in [2.75, 3.05) is 25.7 Å². The normalized spacial score (nSPS) is 10.9. The Kier molecular flexibility index (Phi) is 4.41. The summed E-state index contributed by atoms with van der Waals surface area (Å²) >= 11 is 0. The third kappa shape index (κ3) is 4.15. The van der Waals surface area contributed by atoms with Crippen LogP contribution in [0.4, 0.5) is 23.7 Å². The van der Waals surface area contributed by atoms with E-state index in [-0.39, 0.29) is 0 Å². The van der Waals surface area contributed by atoms with Crippen molar-refractivity contribution in [3.63, 3.8) is 0 Å². The number of alkyl halides is 3. The molecule has 4 nitrogen and oxygen atoms in total. The fourth-order valence-electron chi connectivity index (χ4n) is 1.16. The molecular formula is C11H12F3NO3. The van der Waals surface area contributed by atoms with Crippen LogP contribution in [0.3, 0.4) is 0 Å². The van der Waals surface area contributed by atoms with Gasteiger partial charge in [0.05, 0.1) is 12.8 Å². The summed E-state index contributed by atoms with van der Waals surface area (Å²) in [5.41, 5.74) is 0.376. The van der Waals surface area contributed by atoms with E-state index >= 15 is 0 Å². The molecule has 0 N–H and O–H groups in total. The second kappa shape index (κ2) is 5.61. The van der Waals surface area contributed by atoms with Gasteiger partial charge in [-0.1, -0.05) is 6.07 Å². The number of amides is 1. The number of carbonyl (C=O) groups excluding carboxylic acids is 1. The van der Waals surface area contributed by atoms with Crippen molar-refractivity contribution >= 4 is 11.8 Å². The number of ether oxygens (including phenoxy) is 2. The van der Waals surface area contributed by atoms with Crippen LogP contribution in [0.25, 0.3) is 0 Å². The molecule has 0 radical (unpaired) electrons. The summed E-state index contributed by atoms with van der Waals surface area (Å²) in [6, 6.07) is 6.33. The van der Waals surface area contributed by atoms with Gasteiger partial charge < -0.3 is 9.47 Å². The number of nitrogens with zero attached hydrogens (tertiary/aromatic N) is 1. The molecule has 100 valence electrons. The predicted molar refractivity (Wildman–Crippen MR) is 58.8 cm³/mol. The fourth-order valence-corrected chi connectivity index (χ4v) is 1.16. The van der Waals surface area contributed by atoms with Crippen LogP contribution in [-0.2, 0) is 4.74 Å².